The van der Waals surface area contributed by atoms with Gasteiger partial charge in [0.2, 0.25) is 5.95 Å². The van der Waals surface area contributed by atoms with E-state index < -0.39 is 0 Å². The second kappa shape index (κ2) is 7.78. The summed E-state index contributed by atoms with van der Waals surface area (Å²) in [5.41, 5.74) is 2.80. The van der Waals surface area contributed by atoms with E-state index in [0.29, 0.717) is 36.1 Å². The molecule has 30 heavy (non-hydrogen) atoms. The minimum atomic E-state index is -0.296. The third kappa shape index (κ3) is 3.36. The van der Waals surface area contributed by atoms with Gasteiger partial charge in [-0.05, 0) is 42.4 Å². The molecule has 0 N–H and O–H groups in total. The number of aromatic nitrogens is 4. The normalized spacial score (nSPS) is 16.5. The second-order valence-corrected chi connectivity index (χ2v) is 8.91. The summed E-state index contributed by atoms with van der Waals surface area (Å²) >= 11 is 0. The molecule has 1 aliphatic heterocycles. The molecule has 0 saturated carbocycles. The van der Waals surface area contributed by atoms with Crippen LogP contribution in [0.25, 0.3) is 11.2 Å². The van der Waals surface area contributed by atoms with Crippen molar-refractivity contribution in [2.24, 2.45) is 18.9 Å². The summed E-state index contributed by atoms with van der Waals surface area (Å²) in [4.78, 5) is 33.2. The van der Waals surface area contributed by atoms with Gasteiger partial charge in [0.05, 0.1) is 0 Å². The number of fused-ring (bicyclic) bond motifs is 3. The molecule has 2 aromatic heterocycles. The van der Waals surface area contributed by atoms with Gasteiger partial charge >= 0.3 is 5.69 Å². The Morgan fingerprint density at radius 1 is 1.13 bits per heavy atom. The van der Waals surface area contributed by atoms with E-state index in [1.165, 1.54) is 14.7 Å². The van der Waals surface area contributed by atoms with Crippen LogP contribution in [0.5, 0.6) is 0 Å². The Morgan fingerprint density at radius 2 is 1.83 bits per heavy atom. The summed E-state index contributed by atoms with van der Waals surface area (Å²) in [6.45, 7) is 10.5. The Labute approximate surface area is 176 Å². The molecule has 3 aromatic rings. The Kier molecular flexibility index (Phi) is 5.30. The van der Waals surface area contributed by atoms with Gasteiger partial charge in [-0.1, -0.05) is 39.8 Å². The van der Waals surface area contributed by atoms with E-state index in [2.05, 4.69) is 56.9 Å². The van der Waals surface area contributed by atoms with E-state index >= 15 is 0 Å². The molecular formula is C23H31N5O2. The SMILES string of the molecule is CCc1ccc(N2CC(C)Cn3c2nc2c3c(=O)n(CCC(C)C)c(=O)n2C)cc1. The minimum absolute atomic E-state index is 0.233. The van der Waals surface area contributed by atoms with Crippen LogP contribution in [0.2, 0.25) is 0 Å². The van der Waals surface area contributed by atoms with E-state index in [9.17, 15) is 9.59 Å². The highest BCUT2D eigenvalue weighted by atomic mass is 16.2. The first kappa shape index (κ1) is 20.4. The number of nitrogens with zero attached hydrogens (tertiary/aromatic N) is 5. The van der Waals surface area contributed by atoms with Gasteiger partial charge in [0.15, 0.2) is 11.2 Å². The van der Waals surface area contributed by atoms with Crippen molar-refractivity contribution >= 4 is 22.8 Å². The molecule has 7 heteroatoms. The standard InChI is InChI=1S/C23H31N5O2/c1-6-17-7-9-18(10-8-17)27-13-16(4)14-28-19-20(24-22(27)28)25(5)23(30)26(21(19)29)12-11-15(2)3/h7-10,15-16H,6,11-14H2,1-5H3. The lowest BCUT2D eigenvalue weighted by molar-refractivity contribution is 0.455. The lowest BCUT2D eigenvalue weighted by Gasteiger charge is -2.33. The number of imidazole rings is 1. The van der Waals surface area contributed by atoms with E-state index in [4.69, 9.17) is 4.98 Å². The Morgan fingerprint density at radius 3 is 2.47 bits per heavy atom. The fraction of sp³-hybridized carbons (Fsp3) is 0.522. The molecule has 0 saturated heterocycles. The number of benzene rings is 1. The van der Waals surface area contributed by atoms with Crippen LogP contribution in [0, 0.1) is 11.8 Å². The number of anilines is 2. The molecule has 0 bridgehead atoms. The first-order valence-corrected chi connectivity index (χ1v) is 10.9. The molecule has 1 atom stereocenters. The van der Waals surface area contributed by atoms with Gasteiger partial charge in [-0.25, -0.2) is 4.79 Å². The maximum absolute atomic E-state index is 13.4. The first-order valence-electron chi connectivity index (χ1n) is 10.9. The molecule has 0 radical (unpaired) electrons. The molecule has 1 aromatic carbocycles. The molecule has 3 heterocycles. The molecular weight excluding hydrogens is 378 g/mol. The Bertz CT molecular complexity index is 1180. The van der Waals surface area contributed by atoms with E-state index in [1.807, 2.05) is 4.57 Å². The van der Waals surface area contributed by atoms with E-state index in [-0.39, 0.29) is 11.2 Å². The smallest absolute Gasteiger partial charge is 0.312 e. The zero-order chi connectivity index (χ0) is 21.6. The topological polar surface area (TPSA) is 65.1 Å². The average Bonchev–Trinajstić information content (AvgIpc) is 3.11. The fourth-order valence-electron chi connectivity index (χ4n) is 4.22. The van der Waals surface area contributed by atoms with Gasteiger partial charge in [-0.15, -0.1) is 0 Å². The summed E-state index contributed by atoms with van der Waals surface area (Å²) in [5, 5.41) is 0. The molecule has 7 nitrogen and oxygen atoms in total. The quantitative estimate of drug-likeness (QED) is 0.649. The summed E-state index contributed by atoms with van der Waals surface area (Å²) in [6.07, 6.45) is 1.78. The summed E-state index contributed by atoms with van der Waals surface area (Å²) in [6, 6.07) is 8.49. The van der Waals surface area contributed by atoms with Gasteiger partial charge in [0.25, 0.3) is 5.56 Å². The van der Waals surface area contributed by atoms with Gasteiger partial charge < -0.3 is 9.47 Å². The zero-order valence-corrected chi connectivity index (χ0v) is 18.6. The van der Waals surface area contributed by atoms with Crippen molar-refractivity contribution in [2.45, 2.75) is 53.6 Å². The summed E-state index contributed by atoms with van der Waals surface area (Å²) in [7, 11) is 1.71. The van der Waals surface area contributed by atoms with E-state index in [1.54, 1.807) is 7.05 Å². The molecule has 0 spiro atoms. The number of hydrogen-bond acceptors (Lipinski definition) is 4. The number of aryl methyl sites for hydroxylation is 2. The number of rotatable bonds is 5. The lowest BCUT2D eigenvalue weighted by Crippen LogP contribution is -2.40. The van der Waals surface area contributed by atoms with Crippen molar-refractivity contribution < 1.29 is 0 Å². The lowest BCUT2D eigenvalue weighted by atomic mass is 10.1. The van der Waals surface area contributed by atoms with Crippen LogP contribution in [0.15, 0.2) is 33.9 Å². The average molecular weight is 410 g/mol. The molecule has 0 aliphatic carbocycles. The van der Waals surface area contributed by atoms with Crippen LogP contribution >= 0.6 is 0 Å². The van der Waals surface area contributed by atoms with Crippen molar-refractivity contribution in [2.75, 3.05) is 11.4 Å². The summed E-state index contributed by atoms with van der Waals surface area (Å²) < 4.78 is 4.90. The third-order valence-electron chi connectivity index (χ3n) is 6.03. The van der Waals surface area contributed by atoms with Crippen LogP contribution in [-0.4, -0.2) is 25.2 Å². The molecule has 4 rings (SSSR count). The highest BCUT2D eigenvalue weighted by Crippen LogP contribution is 2.32. The van der Waals surface area contributed by atoms with Crippen molar-refractivity contribution in [3.63, 3.8) is 0 Å². The van der Waals surface area contributed by atoms with Crippen LogP contribution in [0.1, 0.15) is 39.7 Å². The zero-order valence-electron chi connectivity index (χ0n) is 18.6. The van der Waals surface area contributed by atoms with Gasteiger partial charge in [0.1, 0.15) is 0 Å². The Hall–Kier alpha value is -2.83. The third-order valence-corrected chi connectivity index (χ3v) is 6.03. The second-order valence-electron chi connectivity index (χ2n) is 8.91. The molecule has 0 fully saturated rings. The van der Waals surface area contributed by atoms with Gasteiger partial charge in [-0.3, -0.25) is 13.9 Å². The van der Waals surface area contributed by atoms with Crippen LogP contribution in [-0.2, 0) is 26.6 Å². The highest BCUT2D eigenvalue weighted by molar-refractivity contribution is 5.77. The Balaban J connectivity index is 1.91. The molecule has 0 amide bonds. The maximum Gasteiger partial charge on any atom is 0.332 e. The van der Waals surface area contributed by atoms with Gasteiger partial charge in [0, 0.05) is 32.4 Å². The first-order chi connectivity index (χ1) is 14.3. The van der Waals surface area contributed by atoms with Crippen molar-refractivity contribution in [3.05, 3.63) is 50.7 Å². The van der Waals surface area contributed by atoms with Crippen LogP contribution in [0.4, 0.5) is 11.6 Å². The molecule has 1 aliphatic rings. The molecule has 160 valence electrons. The maximum atomic E-state index is 13.4. The predicted octanol–water partition coefficient (Wildman–Crippen LogP) is 3.29. The highest BCUT2D eigenvalue weighted by Gasteiger charge is 2.29. The van der Waals surface area contributed by atoms with Gasteiger partial charge in [-0.2, -0.15) is 4.98 Å². The fourth-order valence-corrected chi connectivity index (χ4v) is 4.22. The van der Waals surface area contributed by atoms with Crippen molar-refractivity contribution in [3.8, 4) is 0 Å². The van der Waals surface area contributed by atoms with Crippen LogP contribution in [0.3, 0.4) is 0 Å². The minimum Gasteiger partial charge on any atom is -0.312 e. The monoisotopic (exact) mass is 409 g/mol. The molecule has 1 unspecified atom stereocenters. The van der Waals surface area contributed by atoms with Crippen molar-refractivity contribution in [1.29, 1.82) is 0 Å². The van der Waals surface area contributed by atoms with Crippen molar-refractivity contribution in [1.82, 2.24) is 18.7 Å². The predicted molar refractivity (Wildman–Crippen MR) is 121 cm³/mol. The number of hydrogen-bond donors (Lipinski definition) is 0. The van der Waals surface area contributed by atoms with Crippen LogP contribution < -0.4 is 16.1 Å². The van der Waals surface area contributed by atoms with E-state index in [0.717, 1.165) is 31.0 Å². The summed E-state index contributed by atoms with van der Waals surface area (Å²) in [5.74, 6) is 1.50. The largest absolute Gasteiger partial charge is 0.332 e.